The van der Waals surface area contributed by atoms with Crippen molar-refractivity contribution >= 4 is 29.0 Å². The van der Waals surface area contributed by atoms with Crippen LogP contribution in [-0.4, -0.2) is 23.0 Å². The molecular weight excluding hydrogens is 364 g/mol. The van der Waals surface area contributed by atoms with Gasteiger partial charge in [-0.3, -0.25) is 4.79 Å². The van der Waals surface area contributed by atoms with Gasteiger partial charge in [0.05, 0.1) is 7.11 Å². The third-order valence-corrected chi connectivity index (χ3v) is 4.18. The Morgan fingerprint density at radius 3 is 2.70 bits per heavy atom. The van der Waals surface area contributed by atoms with Crippen LogP contribution >= 0.6 is 11.6 Å². The minimum Gasteiger partial charge on any atom is -0.497 e. The lowest BCUT2D eigenvalue weighted by molar-refractivity contribution is 0.0945. The molecule has 0 aliphatic rings. The minimum absolute atomic E-state index is 0.278. The summed E-state index contributed by atoms with van der Waals surface area (Å²) in [7, 11) is 1.61. The van der Waals surface area contributed by atoms with Gasteiger partial charge in [0.15, 0.2) is 0 Å². The molecule has 7 heteroatoms. The third-order valence-electron chi connectivity index (χ3n) is 3.81. The SMILES string of the molecule is COc1cccc(Nc2cc(C(=O)NCc3ccccc3Cl)nc(C)n2)c1. The van der Waals surface area contributed by atoms with Crippen LogP contribution in [0.4, 0.5) is 11.5 Å². The van der Waals surface area contributed by atoms with E-state index in [0.29, 0.717) is 23.2 Å². The Morgan fingerprint density at radius 2 is 1.93 bits per heavy atom. The Hall–Kier alpha value is -3.12. The molecule has 0 fully saturated rings. The van der Waals surface area contributed by atoms with Gasteiger partial charge in [0, 0.05) is 29.4 Å². The summed E-state index contributed by atoms with van der Waals surface area (Å²) in [6.45, 7) is 2.06. The predicted octanol–water partition coefficient (Wildman–Crippen LogP) is 4.12. The number of benzene rings is 2. The van der Waals surface area contributed by atoms with Gasteiger partial charge in [-0.1, -0.05) is 35.9 Å². The molecule has 0 bridgehead atoms. The number of amides is 1. The Labute approximate surface area is 162 Å². The number of anilines is 2. The lowest BCUT2D eigenvalue weighted by Gasteiger charge is -2.10. The number of halogens is 1. The molecule has 3 aromatic rings. The lowest BCUT2D eigenvalue weighted by atomic mass is 10.2. The number of nitrogens with one attached hydrogen (secondary N) is 2. The predicted molar refractivity (Wildman–Crippen MR) is 106 cm³/mol. The summed E-state index contributed by atoms with van der Waals surface area (Å²) in [4.78, 5) is 21.1. The van der Waals surface area contributed by atoms with Gasteiger partial charge in [0.25, 0.3) is 5.91 Å². The van der Waals surface area contributed by atoms with E-state index in [4.69, 9.17) is 16.3 Å². The summed E-state index contributed by atoms with van der Waals surface area (Å²) in [6.07, 6.45) is 0. The molecule has 0 aliphatic heterocycles. The number of carbonyl (C=O) groups excluding carboxylic acids is 1. The average molecular weight is 383 g/mol. The van der Waals surface area contributed by atoms with Gasteiger partial charge in [-0.2, -0.15) is 0 Å². The number of nitrogens with zero attached hydrogens (tertiary/aromatic N) is 2. The lowest BCUT2D eigenvalue weighted by Crippen LogP contribution is -2.24. The van der Waals surface area contributed by atoms with E-state index >= 15 is 0 Å². The zero-order valence-corrected chi connectivity index (χ0v) is 15.7. The largest absolute Gasteiger partial charge is 0.497 e. The fourth-order valence-electron chi connectivity index (χ4n) is 2.50. The van der Waals surface area contributed by atoms with E-state index in [-0.39, 0.29) is 11.6 Å². The van der Waals surface area contributed by atoms with Gasteiger partial charge in [0.2, 0.25) is 0 Å². The molecule has 0 saturated heterocycles. The van der Waals surface area contributed by atoms with Crippen LogP contribution in [-0.2, 0) is 6.54 Å². The molecule has 138 valence electrons. The molecule has 1 aromatic heterocycles. The van der Waals surface area contributed by atoms with Crippen LogP contribution in [0.3, 0.4) is 0 Å². The smallest absolute Gasteiger partial charge is 0.270 e. The highest BCUT2D eigenvalue weighted by Gasteiger charge is 2.11. The summed E-state index contributed by atoms with van der Waals surface area (Å²) in [5.74, 6) is 1.45. The van der Waals surface area contributed by atoms with E-state index in [1.165, 1.54) is 0 Å². The standard InChI is InChI=1S/C20H19ClN4O2/c1-13-23-18(20(26)22-12-14-6-3-4-9-17(14)21)11-19(24-13)25-15-7-5-8-16(10-15)27-2/h3-11H,12H2,1-2H3,(H,22,26)(H,23,24,25). The van der Waals surface area contributed by atoms with Crippen LogP contribution in [0.15, 0.2) is 54.6 Å². The molecule has 27 heavy (non-hydrogen) atoms. The number of ether oxygens (including phenoxy) is 1. The zero-order chi connectivity index (χ0) is 19.2. The fourth-order valence-corrected chi connectivity index (χ4v) is 2.71. The van der Waals surface area contributed by atoms with Crippen molar-refractivity contribution in [1.29, 1.82) is 0 Å². The maximum atomic E-state index is 12.5. The number of methoxy groups -OCH3 is 1. The van der Waals surface area contributed by atoms with Crippen molar-refractivity contribution in [3.63, 3.8) is 0 Å². The van der Waals surface area contributed by atoms with Crippen LogP contribution in [0.2, 0.25) is 5.02 Å². The second kappa shape index (κ2) is 8.51. The van der Waals surface area contributed by atoms with Gasteiger partial charge in [-0.15, -0.1) is 0 Å². The highest BCUT2D eigenvalue weighted by atomic mass is 35.5. The molecule has 0 atom stereocenters. The normalized spacial score (nSPS) is 10.3. The van der Waals surface area contributed by atoms with Crippen molar-refractivity contribution in [1.82, 2.24) is 15.3 Å². The first-order valence-corrected chi connectivity index (χ1v) is 8.71. The van der Waals surface area contributed by atoms with Gasteiger partial charge >= 0.3 is 0 Å². The topological polar surface area (TPSA) is 76.1 Å². The van der Waals surface area contributed by atoms with Crippen molar-refractivity contribution in [2.45, 2.75) is 13.5 Å². The molecule has 3 rings (SSSR count). The van der Waals surface area contributed by atoms with Gasteiger partial charge in [-0.05, 0) is 30.7 Å². The van der Waals surface area contributed by atoms with Crippen molar-refractivity contribution in [2.24, 2.45) is 0 Å². The second-order valence-electron chi connectivity index (χ2n) is 5.82. The molecule has 2 N–H and O–H groups in total. The molecule has 0 radical (unpaired) electrons. The fraction of sp³-hybridized carbons (Fsp3) is 0.150. The van der Waals surface area contributed by atoms with E-state index in [0.717, 1.165) is 17.0 Å². The molecule has 2 aromatic carbocycles. The van der Waals surface area contributed by atoms with Crippen molar-refractivity contribution in [3.8, 4) is 5.75 Å². The molecule has 6 nitrogen and oxygen atoms in total. The monoisotopic (exact) mass is 382 g/mol. The maximum Gasteiger partial charge on any atom is 0.270 e. The van der Waals surface area contributed by atoms with Crippen LogP contribution in [0.5, 0.6) is 5.75 Å². The number of rotatable bonds is 6. The summed E-state index contributed by atoms with van der Waals surface area (Å²) in [6, 6.07) is 16.4. The first kappa shape index (κ1) is 18.7. The van der Waals surface area contributed by atoms with E-state index < -0.39 is 0 Å². The third kappa shape index (κ3) is 4.95. The Kier molecular flexibility index (Phi) is 5.88. The quantitative estimate of drug-likeness (QED) is 0.670. The van der Waals surface area contributed by atoms with E-state index in [2.05, 4.69) is 20.6 Å². The zero-order valence-electron chi connectivity index (χ0n) is 15.0. The summed E-state index contributed by atoms with van der Waals surface area (Å²) in [5, 5.41) is 6.60. The molecule has 0 spiro atoms. The summed E-state index contributed by atoms with van der Waals surface area (Å²) in [5.41, 5.74) is 1.92. The number of hydrogen-bond donors (Lipinski definition) is 2. The van der Waals surface area contributed by atoms with Gasteiger partial charge in [-0.25, -0.2) is 9.97 Å². The highest BCUT2D eigenvalue weighted by molar-refractivity contribution is 6.31. The molecule has 1 heterocycles. The van der Waals surface area contributed by atoms with Crippen LogP contribution < -0.4 is 15.4 Å². The van der Waals surface area contributed by atoms with Crippen LogP contribution in [0.1, 0.15) is 21.9 Å². The number of carbonyl (C=O) groups is 1. The summed E-state index contributed by atoms with van der Waals surface area (Å²) < 4.78 is 5.21. The molecule has 0 saturated carbocycles. The Balaban J connectivity index is 1.74. The van der Waals surface area contributed by atoms with Crippen molar-refractivity contribution in [2.75, 3.05) is 12.4 Å². The van der Waals surface area contributed by atoms with E-state index in [9.17, 15) is 4.79 Å². The molecule has 0 unspecified atom stereocenters. The van der Waals surface area contributed by atoms with E-state index in [1.54, 1.807) is 26.2 Å². The highest BCUT2D eigenvalue weighted by Crippen LogP contribution is 2.21. The first-order valence-electron chi connectivity index (χ1n) is 8.33. The number of aryl methyl sites for hydroxylation is 1. The number of hydrogen-bond acceptors (Lipinski definition) is 5. The number of aromatic nitrogens is 2. The van der Waals surface area contributed by atoms with Crippen LogP contribution in [0.25, 0.3) is 0 Å². The first-order chi connectivity index (χ1) is 13.0. The maximum absolute atomic E-state index is 12.5. The van der Waals surface area contributed by atoms with E-state index in [1.807, 2.05) is 42.5 Å². The van der Waals surface area contributed by atoms with Crippen LogP contribution in [0, 0.1) is 6.92 Å². The molecule has 0 aliphatic carbocycles. The second-order valence-corrected chi connectivity index (χ2v) is 6.22. The van der Waals surface area contributed by atoms with Crippen molar-refractivity contribution in [3.05, 3.63) is 76.7 Å². The Morgan fingerprint density at radius 1 is 1.11 bits per heavy atom. The average Bonchev–Trinajstić information content (AvgIpc) is 2.67. The Bertz CT molecular complexity index is 962. The van der Waals surface area contributed by atoms with Crippen molar-refractivity contribution < 1.29 is 9.53 Å². The van der Waals surface area contributed by atoms with Gasteiger partial charge in [0.1, 0.15) is 23.1 Å². The molecular formula is C20H19ClN4O2. The molecule has 1 amide bonds. The summed E-state index contributed by atoms with van der Waals surface area (Å²) >= 11 is 6.12. The minimum atomic E-state index is -0.297. The van der Waals surface area contributed by atoms with Gasteiger partial charge < -0.3 is 15.4 Å².